The van der Waals surface area contributed by atoms with Gasteiger partial charge < -0.3 is 15.3 Å². The zero-order valence-corrected chi connectivity index (χ0v) is 10.8. The van der Waals surface area contributed by atoms with Gasteiger partial charge in [0, 0.05) is 18.1 Å². The summed E-state index contributed by atoms with van der Waals surface area (Å²) in [4.78, 5) is 13.8. The normalized spacial score (nSPS) is 23.3. The largest absolute Gasteiger partial charge is 0.393 e. The number of likely N-dealkylation sites (tertiary alicyclic amines) is 1. The summed E-state index contributed by atoms with van der Waals surface area (Å²) >= 11 is 0. The quantitative estimate of drug-likeness (QED) is 0.756. The Balaban J connectivity index is 2.54. The highest BCUT2D eigenvalue weighted by Crippen LogP contribution is 2.21. The lowest BCUT2D eigenvalue weighted by Gasteiger charge is -2.30. The second kappa shape index (κ2) is 5.04. The van der Waals surface area contributed by atoms with Crippen LogP contribution in [0.4, 0.5) is 4.79 Å². The van der Waals surface area contributed by atoms with Gasteiger partial charge in [-0.3, -0.25) is 0 Å². The van der Waals surface area contributed by atoms with Crippen molar-refractivity contribution in [3.63, 3.8) is 0 Å². The van der Waals surface area contributed by atoms with Crippen LogP contribution in [0.25, 0.3) is 0 Å². The first-order chi connectivity index (χ1) is 7.29. The second-order valence-corrected chi connectivity index (χ2v) is 5.75. The Morgan fingerprint density at radius 3 is 2.69 bits per heavy atom. The highest BCUT2D eigenvalue weighted by molar-refractivity contribution is 5.75. The maximum atomic E-state index is 12.0. The summed E-state index contributed by atoms with van der Waals surface area (Å²) in [6.45, 7) is 8.51. The van der Waals surface area contributed by atoms with Crippen molar-refractivity contribution in [1.82, 2.24) is 10.2 Å². The highest BCUT2D eigenvalue weighted by atomic mass is 16.3. The van der Waals surface area contributed by atoms with Gasteiger partial charge in [-0.25, -0.2) is 4.79 Å². The van der Waals surface area contributed by atoms with Crippen molar-refractivity contribution in [2.45, 2.75) is 64.6 Å². The highest BCUT2D eigenvalue weighted by Gasteiger charge is 2.30. The molecule has 0 aromatic carbocycles. The maximum Gasteiger partial charge on any atom is 0.318 e. The van der Waals surface area contributed by atoms with E-state index in [0.717, 1.165) is 19.4 Å². The first kappa shape index (κ1) is 13.3. The summed E-state index contributed by atoms with van der Waals surface area (Å²) in [5, 5.41) is 12.4. The van der Waals surface area contributed by atoms with Crippen LogP contribution in [0.2, 0.25) is 0 Å². The van der Waals surface area contributed by atoms with Gasteiger partial charge in [-0.15, -0.1) is 0 Å². The number of hydrogen-bond acceptors (Lipinski definition) is 2. The van der Waals surface area contributed by atoms with Crippen LogP contribution in [0.15, 0.2) is 0 Å². The zero-order valence-electron chi connectivity index (χ0n) is 10.8. The number of aliphatic hydroxyl groups is 1. The summed E-state index contributed by atoms with van der Waals surface area (Å²) < 4.78 is 0. The van der Waals surface area contributed by atoms with E-state index in [1.165, 1.54) is 0 Å². The van der Waals surface area contributed by atoms with E-state index < -0.39 is 0 Å². The average molecular weight is 228 g/mol. The SMILES string of the molecule is CC(O)CC1CCCN1C(=O)NC(C)(C)C. The van der Waals surface area contributed by atoms with Crippen LogP contribution in [0.5, 0.6) is 0 Å². The fraction of sp³-hybridized carbons (Fsp3) is 0.917. The third-order valence-corrected chi connectivity index (χ3v) is 2.73. The third-order valence-electron chi connectivity index (χ3n) is 2.73. The minimum Gasteiger partial charge on any atom is -0.393 e. The number of nitrogens with one attached hydrogen (secondary N) is 1. The topological polar surface area (TPSA) is 52.6 Å². The molecule has 2 amide bonds. The molecule has 0 radical (unpaired) electrons. The monoisotopic (exact) mass is 228 g/mol. The molecule has 2 N–H and O–H groups in total. The van der Waals surface area contributed by atoms with Crippen LogP contribution in [0.3, 0.4) is 0 Å². The van der Waals surface area contributed by atoms with Gasteiger partial charge in [-0.05, 0) is 47.0 Å². The molecule has 2 atom stereocenters. The number of amides is 2. The molecule has 1 aliphatic heterocycles. The Labute approximate surface area is 98.0 Å². The number of rotatable bonds is 2. The third kappa shape index (κ3) is 4.00. The molecule has 1 aliphatic rings. The molecule has 4 heteroatoms. The molecule has 0 saturated carbocycles. The summed E-state index contributed by atoms with van der Waals surface area (Å²) in [5.41, 5.74) is -0.199. The van der Waals surface area contributed by atoms with E-state index in [-0.39, 0.29) is 23.7 Å². The first-order valence-corrected chi connectivity index (χ1v) is 6.06. The van der Waals surface area contributed by atoms with Crippen LogP contribution in [-0.2, 0) is 0 Å². The Morgan fingerprint density at radius 2 is 2.19 bits per heavy atom. The molecule has 0 bridgehead atoms. The molecule has 4 nitrogen and oxygen atoms in total. The van der Waals surface area contributed by atoms with Crippen molar-refractivity contribution in [2.24, 2.45) is 0 Å². The van der Waals surface area contributed by atoms with E-state index in [0.29, 0.717) is 6.42 Å². The number of aliphatic hydroxyl groups excluding tert-OH is 1. The van der Waals surface area contributed by atoms with Gasteiger partial charge in [0.1, 0.15) is 0 Å². The van der Waals surface area contributed by atoms with Gasteiger partial charge in [0.2, 0.25) is 0 Å². The van der Waals surface area contributed by atoms with Gasteiger partial charge in [0.05, 0.1) is 6.10 Å². The van der Waals surface area contributed by atoms with Gasteiger partial charge in [-0.2, -0.15) is 0 Å². The molecule has 0 aromatic rings. The first-order valence-electron chi connectivity index (χ1n) is 6.06. The predicted octanol–water partition coefficient (Wildman–Crippen LogP) is 1.73. The lowest BCUT2D eigenvalue weighted by Crippen LogP contribution is -2.50. The summed E-state index contributed by atoms with van der Waals surface area (Å²) in [6, 6.07) is 0.193. The van der Waals surface area contributed by atoms with Crippen molar-refractivity contribution in [2.75, 3.05) is 6.54 Å². The summed E-state index contributed by atoms with van der Waals surface area (Å²) in [6.07, 6.45) is 2.38. The maximum absolute atomic E-state index is 12.0. The lowest BCUT2D eigenvalue weighted by molar-refractivity contribution is 0.135. The second-order valence-electron chi connectivity index (χ2n) is 5.75. The average Bonchev–Trinajstić information content (AvgIpc) is 2.47. The van der Waals surface area contributed by atoms with Gasteiger partial charge in [-0.1, -0.05) is 0 Å². The molecule has 0 spiro atoms. The number of carbonyl (C=O) groups is 1. The summed E-state index contributed by atoms with van der Waals surface area (Å²) in [7, 11) is 0. The standard InChI is InChI=1S/C12H24N2O2/c1-9(15)8-10-6-5-7-14(10)11(16)13-12(2,3)4/h9-10,15H,5-8H2,1-4H3,(H,13,16). The number of urea groups is 1. The van der Waals surface area contributed by atoms with E-state index in [1.54, 1.807) is 6.92 Å². The molecule has 1 rings (SSSR count). The van der Waals surface area contributed by atoms with Crippen molar-refractivity contribution in [3.05, 3.63) is 0 Å². The van der Waals surface area contributed by atoms with Gasteiger partial charge >= 0.3 is 6.03 Å². The molecule has 16 heavy (non-hydrogen) atoms. The lowest BCUT2D eigenvalue weighted by atomic mass is 10.1. The smallest absolute Gasteiger partial charge is 0.318 e. The Bertz CT molecular complexity index is 246. The molecule has 1 saturated heterocycles. The Hall–Kier alpha value is -0.770. The molecule has 2 unspecified atom stereocenters. The fourth-order valence-corrected chi connectivity index (χ4v) is 2.13. The van der Waals surface area contributed by atoms with E-state index in [9.17, 15) is 9.90 Å². The summed E-state index contributed by atoms with van der Waals surface area (Å²) in [5.74, 6) is 0. The Morgan fingerprint density at radius 1 is 1.56 bits per heavy atom. The van der Waals surface area contributed by atoms with E-state index in [4.69, 9.17) is 0 Å². The van der Waals surface area contributed by atoms with E-state index in [1.807, 2.05) is 25.7 Å². The van der Waals surface area contributed by atoms with E-state index in [2.05, 4.69) is 5.32 Å². The molecule has 1 heterocycles. The van der Waals surface area contributed by atoms with Crippen LogP contribution in [-0.4, -0.2) is 40.3 Å². The fourth-order valence-electron chi connectivity index (χ4n) is 2.13. The van der Waals surface area contributed by atoms with Crippen LogP contribution in [0.1, 0.15) is 47.0 Å². The molecule has 94 valence electrons. The molecule has 1 fully saturated rings. The molecular formula is C12H24N2O2. The number of nitrogens with zero attached hydrogens (tertiary/aromatic N) is 1. The minimum absolute atomic E-state index is 0.00403. The van der Waals surface area contributed by atoms with Gasteiger partial charge in [0.25, 0.3) is 0 Å². The predicted molar refractivity (Wildman–Crippen MR) is 64.3 cm³/mol. The van der Waals surface area contributed by atoms with Crippen LogP contribution in [0, 0.1) is 0 Å². The Kier molecular flexibility index (Phi) is 4.19. The van der Waals surface area contributed by atoms with Crippen molar-refractivity contribution in [1.29, 1.82) is 0 Å². The molecule has 0 aliphatic carbocycles. The van der Waals surface area contributed by atoms with E-state index >= 15 is 0 Å². The van der Waals surface area contributed by atoms with Crippen molar-refractivity contribution in [3.8, 4) is 0 Å². The van der Waals surface area contributed by atoms with Gasteiger partial charge in [0.15, 0.2) is 0 Å². The zero-order chi connectivity index (χ0) is 12.3. The minimum atomic E-state index is -0.340. The molecular weight excluding hydrogens is 204 g/mol. The number of hydrogen-bond donors (Lipinski definition) is 2. The molecule has 0 aromatic heterocycles. The van der Waals surface area contributed by atoms with Crippen molar-refractivity contribution < 1.29 is 9.90 Å². The number of carbonyl (C=O) groups excluding carboxylic acids is 1. The van der Waals surface area contributed by atoms with Crippen molar-refractivity contribution >= 4 is 6.03 Å². The van der Waals surface area contributed by atoms with Crippen LogP contribution < -0.4 is 5.32 Å². The van der Waals surface area contributed by atoms with Crippen LogP contribution >= 0.6 is 0 Å².